The Morgan fingerprint density at radius 2 is 1.94 bits per heavy atom. The smallest absolute Gasteiger partial charge is 0.295 e. The Labute approximate surface area is 195 Å². The second kappa shape index (κ2) is 9.91. The molecule has 0 saturated carbocycles. The molecule has 0 spiro atoms. The first-order valence-electron chi connectivity index (χ1n) is 10.6. The van der Waals surface area contributed by atoms with Crippen LogP contribution in [0, 0.1) is 5.82 Å². The maximum absolute atomic E-state index is 14.1. The molecule has 7 nitrogen and oxygen atoms in total. The molecule has 174 valence electrons. The van der Waals surface area contributed by atoms with Gasteiger partial charge in [-0.25, -0.2) is 4.39 Å². The predicted molar refractivity (Wildman–Crippen MR) is 121 cm³/mol. The molecule has 2 aromatic rings. The fourth-order valence-corrected chi connectivity index (χ4v) is 4.43. The van der Waals surface area contributed by atoms with Crippen LogP contribution in [-0.2, 0) is 14.3 Å². The molecule has 2 aromatic carbocycles. The highest BCUT2D eigenvalue weighted by molar-refractivity contribution is 6.46. The van der Waals surface area contributed by atoms with Crippen molar-refractivity contribution < 1.29 is 28.6 Å². The Bertz CT molecular complexity index is 1100. The van der Waals surface area contributed by atoms with E-state index in [2.05, 4.69) is 4.90 Å². The number of benzene rings is 2. The van der Waals surface area contributed by atoms with E-state index in [9.17, 15) is 19.1 Å². The highest BCUT2D eigenvalue weighted by atomic mass is 35.5. The fraction of sp³-hybridized carbons (Fsp3) is 0.333. The third-order valence-electron chi connectivity index (χ3n) is 5.89. The number of hydrogen-bond acceptors (Lipinski definition) is 6. The number of ketones is 1. The number of Topliss-reactive ketones (excluding diaryl/α,β-unsaturated/α-hetero) is 1. The lowest BCUT2D eigenvalue weighted by atomic mass is 9.95. The SMILES string of the molecule is COc1ccc(/C(O)=C2\C(=O)C(=O)N(CCN3CCOCC3)[C@@H]2c2cccc(F)c2)cc1Cl. The van der Waals surface area contributed by atoms with Crippen LogP contribution in [0.1, 0.15) is 17.2 Å². The Kier molecular flexibility index (Phi) is 6.97. The van der Waals surface area contributed by atoms with Crippen molar-refractivity contribution in [3.63, 3.8) is 0 Å². The molecule has 4 rings (SSSR count). The Hall–Kier alpha value is -2.94. The minimum Gasteiger partial charge on any atom is -0.507 e. The summed E-state index contributed by atoms with van der Waals surface area (Å²) >= 11 is 6.20. The number of carbonyl (C=O) groups is 2. The average molecular weight is 475 g/mol. The third-order valence-corrected chi connectivity index (χ3v) is 6.19. The second-order valence-corrected chi connectivity index (χ2v) is 8.26. The molecule has 33 heavy (non-hydrogen) atoms. The van der Waals surface area contributed by atoms with Gasteiger partial charge in [-0.15, -0.1) is 0 Å². The zero-order chi connectivity index (χ0) is 23.5. The number of amides is 1. The average Bonchev–Trinajstić information content (AvgIpc) is 3.07. The van der Waals surface area contributed by atoms with Crippen LogP contribution < -0.4 is 4.74 Å². The van der Waals surface area contributed by atoms with Crippen LogP contribution in [0.4, 0.5) is 4.39 Å². The number of hydrogen-bond donors (Lipinski definition) is 1. The topological polar surface area (TPSA) is 79.3 Å². The predicted octanol–water partition coefficient (Wildman–Crippen LogP) is 3.24. The molecule has 0 aromatic heterocycles. The Morgan fingerprint density at radius 3 is 2.61 bits per heavy atom. The molecule has 0 unspecified atom stereocenters. The quantitative estimate of drug-likeness (QED) is 0.393. The van der Waals surface area contributed by atoms with Crippen molar-refractivity contribution >= 4 is 29.1 Å². The first-order chi connectivity index (χ1) is 15.9. The number of rotatable bonds is 6. The van der Waals surface area contributed by atoms with Crippen LogP contribution in [0.5, 0.6) is 5.75 Å². The van der Waals surface area contributed by atoms with Crippen molar-refractivity contribution in [1.82, 2.24) is 9.80 Å². The lowest BCUT2D eigenvalue weighted by molar-refractivity contribution is -0.140. The standard InChI is InChI=1S/C24H24ClFN2O5/c1-32-19-6-5-16(14-18(19)25)22(29)20-21(15-3-2-4-17(26)13-15)28(24(31)23(20)30)8-7-27-9-11-33-12-10-27/h2-6,13-14,21,29H,7-12H2,1H3/b22-20+/t21-/m1/s1. The van der Waals surface area contributed by atoms with Gasteiger partial charge in [-0.05, 0) is 35.9 Å². The van der Waals surface area contributed by atoms with Gasteiger partial charge >= 0.3 is 0 Å². The van der Waals surface area contributed by atoms with Crippen LogP contribution in [-0.4, -0.2) is 73.1 Å². The summed E-state index contributed by atoms with van der Waals surface area (Å²) in [5.74, 6) is -2.03. The molecular formula is C24H24ClFN2O5. The van der Waals surface area contributed by atoms with E-state index in [-0.39, 0.29) is 28.5 Å². The van der Waals surface area contributed by atoms with E-state index >= 15 is 0 Å². The summed E-state index contributed by atoms with van der Waals surface area (Å²) in [6, 6.07) is 9.33. The monoisotopic (exact) mass is 474 g/mol. The van der Waals surface area contributed by atoms with E-state index in [1.807, 2.05) is 0 Å². The molecule has 2 heterocycles. The summed E-state index contributed by atoms with van der Waals surface area (Å²) in [6.07, 6.45) is 0. The number of morpholine rings is 1. The number of aliphatic hydroxyl groups excluding tert-OH is 1. The number of likely N-dealkylation sites (tertiary alicyclic amines) is 1. The van der Waals surface area contributed by atoms with Crippen LogP contribution in [0.2, 0.25) is 5.02 Å². The summed E-state index contributed by atoms with van der Waals surface area (Å²) in [5.41, 5.74) is 0.555. The van der Waals surface area contributed by atoms with E-state index in [1.54, 1.807) is 18.2 Å². The molecule has 2 fully saturated rings. The first kappa shape index (κ1) is 23.2. The normalized spacial score (nSPS) is 20.9. The van der Waals surface area contributed by atoms with Crippen molar-refractivity contribution in [1.29, 1.82) is 0 Å². The number of aliphatic hydroxyl groups is 1. The molecule has 1 amide bonds. The van der Waals surface area contributed by atoms with Crippen molar-refractivity contribution in [3.05, 3.63) is 70.0 Å². The molecule has 1 atom stereocenters. The maximum Gasteiger partial charge on any atom is 0.295 e. The minimum atomic E-state index is -0.928. The van der Waals surface area contributed by atoms with Gasteiger partial charge in [0.05, 0.1) is 37.0 Å². The van der Waals surface area contributed by atoms with E-state index in [0.29, 0.717) is 31.1 Å². The van der Waals surface area contributed by atoms with Gasteiger partial charge < -0.3 is 19.5 Å². The molecule has 2 saturated heterocycles. The second-order valence-electron chi connectivity index (χ2n) is 7.85. The number of halogens is 2. The van der Waals surface area contributed by atoms with Crippen molar-refractivity contribution in [2.24, 2.45) is 0 Å². The van der Waals surface area contributed by atoms with Crippen LogP contribution in [0.15, 0.2) is 48.0 Å². The van der Waals surface area contributed by atoms with Crippen LogP contribution in [0.3, 0.4) is 0 Å². The molecular weight excluding hydrogens is 451 g/mol. The maximum atomic E-state index is 14.1. The number of carbonyl (C=O) groups excluding carboxylic acids is 2. The Morgan fingerprint density at radius 1 is 1.18 bits per heavy atom. The summed E-state index contributed by atoms with van der Waals surface area (Å²) in [4.78, 5) is 29.6. The number of ether oxygens (including phenoxy) is 2. The highest BCUT2D eigenvalue weighted by Gasteiger charge is 2.46. The lowest BCUT2D eigenvalue weighted by Crippen LogP contribution is -2.42. The van der Waals surface area contributed by atoms with Crippen molar-refractivity contribution in [2.75, 3.05) is 46.5 Å². The molecule has 9 heteroatoms. The number of nitrogens with zero attached hydrogens (tertiary/aromatic N) is 2. The zero-order valence-electron chi connectivity index (χ0n) is 18.1. The van der Waals surface area contributed by atoms with E-state index in [0.717, 1.165) is 13.1 Å². The van der Waals surface area contributed by atoms with E-state index in [4.69, 9.17) is 21.1 Å². The summed E-state index contributed by atoms with van der Waals surface area (Å²) in [5, 5.41) is 11.3. The van der Waals surface area contributed by atoms with Crippen LogP contribution >= 0.6 is 11.6 Å². The summed E-state index contributed by atoms with van der Waals surface area (Å²) in [6.45, 7) is 3.41. The molecule has 0 radical (unpaired) electrons. The highest BCUT2D eigenvalue weighted by Crippen LogP contribution is 2.40. The summed E-state index contributed by atoms with van der Waals surface area (Å²) < 4.78 is 24.6. The molecule has 0 bridgehead atoms. The van der Waals surface area contributed by atoms with Crippen LogP contribution in [0.25, 0.3) is 5.76 Å². The third kappa shape index (κ3) is 4.73. The van der Waals surface area contributed by atoms with E-state index < -0.39 is 23.5 Å². The van der Waals surface area contributed by atoms with Crippen molar-refractivity contribution in [3.8, 4) is 5.75 Å². The number of methoxy groups -OCH3 is 1. The lowest BCUT2D eigenvalue weighted by Gasteiger charge is -2.31. The van der Waals surface area contributed by atoms with Gasteiger partial charge in [-0.2, -0.15) is 0 Å². The summed E-state index contributed by atoms with van der Waals surface area (Å²) in [7, 11) is 1.46. The fourth-order valence-electron chi connectivity index (χ4n) is 4.18. The van der Waals surface area contributed by atoms with E-state index in [1.165, 1.54) is 36.3 Å². The van der Waals surface area contributed by atoms with Gasteiger partial charge in [-0.1, -0.05) is 23.7 Å². The first-order valence-corrected chi connectivity index (χ1v) is 11.0. The molecule has 2 aliphatic rings. The largest absolute Gasteiger partial charge is 0.507 e. The van der Waals surface area contributed by atoms with Gasteiger partial charge in [0.15, 0.2) is 0 Å². The van der Waals surface area contributed by atoms with Crippen molar-refractivity contribution in [2.45, 2.75) is 6.04 Å². The van der Waals surface area contributed by atoms with Gasteiger partial charge in [0.1, 0.15) is 17.3 Å². The van der Waals surface area contributed by atoms with Gasteiger partial charge in [0.2, 0.25) is 0 Å². The zero-order valence-corrected chi connectivity index (χ0v) is 18.8. The molecule has 0 aliphatic carbocycles. The minimum absolute atomic E-state index is 0.103. The van der Waals surface area contributed by atoms with Gasteiger partial charge in [0, 0.05) is 31.7 Å². The molecule has 2 aliphatic heterocycles. The van der Waals surface area contributed by atoms with Gasteiger partial charge in [-0.3, -0.25) is 14.5 Å². The Balaban J connectivity index is 1.75. The molecule has 1 N–H and O–H groups in total. The van der Waals surface area contributed by atoms with Gasteiger partial charge in [0.25, 0.3) is 11.7 Å².